The number of carbonyl (C=O) groups is 1. The first-order chi connectivity index (χ1) is 9.72. The monoisotopic (exact) mass is 349 g/mol. The maximum atomic E-state index is 12.3. The molecule has 0 saturated heterocycles. The summed E-state index contributed by atoms with van der Waals surface area (Å²) in [5, 5.41) is 0. The summed E-state index contributed by atoms with van der Waals surface area (Å²) in [4.78, 5) is 14.5. The molecule has 1 unspecified atom stereocenters. The quantitative estimate of drug-likeness (QED) is 0.622. The fourth-order valence-electron chi connectivity index (χ4n) is 2.31. The lowest BCUT2D eigenvalue weighted by molar-refractivity contribution is -0.146. The predicted molar refractivity (Wildman–Crippen MR) is 97.3 cm³/mol. The van der Waals surface area contributed by atoms with E-state index in [1.54, 1.807) is 0 Å². The van der Waals surface area contributed by atoms with Crippen LogP contribution in [0, 0.1) is 0 Å². The SMILES string of the molecule is CCCC(C(=O)OCCN(CC)CC)c1ccccc1.Cl.Cl. The Hall–Kier alpha value is -0.770. The van der Waals surface area contributed by atoms with Crippen LogP contribution in [0.3, 0.4) is 0 Å². The van der Waals surface area contributed by atoms with E-state index in [4.69, 9.17) is 4.74 Å². The summed E-state index contributed by atoms with van der Waals surface area (Å²) in [6.07, 6.45) is 1.82. The molecule has 1 aromatic rings. The topological polar surface area (TPSA) is 29.5 Å². The molecule has 1 rings (SSSR count). The molecule has 0 aliphatic heterocycles. The first-order valence-electron chi connectivity index (χ1n) is 7.66. The van der Waals surface area contributed by atoms with Crippen molar-refractivity contribution in [1.82, 2.24) is 4.90 Å². The number of esters is 1. The van der Waals surface area contributed by atoms with Gasteiger partial charge in [0, 0.05) is 6.54 Å². The van der Waals surface area contributed by atoms with Gasteiger partial charge in [0.05, 0.1) is 5.92 Å². The van der Waals surface area contributed by atoms with Crippen LogP contribution in [-0.2, 0) is 9.53 Å². The number of benzene rings is 1. The van der Waals surface area contributed by atoms with E-state index in [0.29, 0.717) is 6.61 Å². The smallest absolute Gasteiger partial charge is 0.313 e. The molecule has 0 spiro atoms. The van der Waals surface area contributed by atoms with E-state index in [2.05, 4.69) is 25.7 Å². The zero-order valence-corrected chi connectivity index (χ0v) is 15.4. The van der Waals surface area contributed by atoms with Crippen molar-refractivity contribution in [3.05, 3.63) is 35.9 Å². The molecule has 0 fully saturated rings. The van der Waals surface area contributed by atoms with Crippen molar-refractivity contribution in [2.24, 2.45) is 0 Å². The molecule has 0 bridgehead atoms. The minimum absolute atomic E-state index is 0. The lowest BCUT2D eigenvalue weighted by Gasteiger charge is -2.20. The van der Waals surface area contributed by atoms with Crippen molar-refractivity contribution in [3.8, 4) is 0 Å². The number of likely N-dealkylation sites (N-methyl/N-ethyl adjacent to an activating group) is 1. The second-order valence-corrected chi connectivity index (χ2v) is 4.95. The summed E-state index contributed by atoms with van der Waals surface area (Å²) in [5.74, 6) is -0.219. The van der Waals surface area contributed by atoms with Crippen LogP contribution >= 0.6 is 24.8 Å². The second-order valence-electron chi connectivity index (χ2n) is 4.95. The number of rotatable bonds is 9. The third kappa shape index (κ3) is 8.02. The van der Waals surface area contributed by atoms with Crippen LogP contribution in [0.4, 0.5) is 0 Å². The van der Waals surface area contributed by atoms with E-state index in [0.717, 1.165) is 38.0 Å². The number of halogens is 2. The van der Waals surface area contributed by atoms with Crippen LogP contribution in [0.5, 0.6) is 0 Å². The number of hydrogen-bond acceptors (Lipinski definition) is 3. The molecule has 1 aromatic carbocycles. The highest BCUT2D eigenvalue weighted by Crippen LogP contribution is 2.22. The van der Waals surface area contributed by atoms with Crippen molar-refractivity contribution in [3.63, 3.8) is 0 Å². The lowest BCUT2D eigenvalue weighted by atomic mass is 9.95. The van der Waals surface area contributed by atoms with Crippen molar-refractivity contribution in [2.45, 2.75) is 39.5 Å². The molecule has 0 aromatic heterocycles. The highest BCUT2D eigenvalue weighted by atomic mass is 35.5. The van der Waals surface area contributed by atoms with Gasteiger partial charge in [-0.15, -0.1) is 24.8 Å². The standard InChI is InChI=1S/C17H27NO2.2ClH/c1-4-10-16(15-11-8-7-9-12-15)17(19)20-14-13-18(5-2)6-3;;/h7-9,11-12,16H,4-6,10,13-14H2,1-3H3;2*1H. The zero-order valence-electron chi connectivity index (χ0n) is 13.8. The van der Waals surface area contributed by atoms with E-state index < -0.39 is 0 Å². The third-order valence-corrected chi connectivity index (χ3v) is 3.61. The molecule has 128 valence electrons. The minimum atomic E-state index is -0.127. The van der Waals surface area contributed by atoms with Crippen molar-refractivity contribution in [2.75, 3.05) is 26.2 Å². The largest absolute Gasteiger partial charge is 0.464 e. The van der Waals surface area contributed by atoms with Crippen molar-refractivity contribution in [1.29, 1.82) is 0 Å². The van der Waals surface area contributed by atoms with Gasteiger partial charge in [0.25, 0.3) is 0 Å². The van der Waals surface area contributed by atoms with Gasteiger partial charge in [-0.05, 0) is 25.1 Å². The molecule has 0 saturated carbocycles. The van der Waals surface area contributed by atoms with E-state index in [9.17, 15) is 4.79 Å². The molecule has 0 aliphatic carbocycles. The Bertz CT molecular complexity index is 384. The summed E-state index contributed by atoms with van der Waals surface area (Å²) >= 11 is 0. The summed E-state index contributed by atoms with van der Waals surface area (Å²) in [5.41, 5.74) is 1.06. The Labute approximate surface area is 147 Å². The Morgan fingerprint density at radius 2 is 1.68 bits per heavy atom. The Morgan fingerprint density at radius 3 is 2.18 bits per heavy atom. The van der Waals surface area contributed by atoms with E-state index >= 15 is 0 Å². The van der Waals surface area contributed by atoms with Crippen LogP contribution in [-0.4, -0.2) is 37.1 Å². The van der Waals surface area contributed by atoms with Gasteiger partial charge >= 0.3 is 5.97 Å². The van der Waals surface area contributed by atoms with Crippen LogP contribution in [0.25, 0.3) is 0 Å². The predicted octanol–water partition coefficient (Wildman–Crippen LogP) is 4.30. The maximum absolute atomic E-state index is 12.3. The van der Waals surface area contributed by atoms with Crippen LogP contribution in [0.2, 0.25) is 0 Å². The van der Waals surface area contributed by atoms with Gasteiger partial charge in [0.2, 0.25) is 0 Å². The summed E-state index contributed by atoms with van der Waals surface area (Å²) in [7, 11) is 0. The highest BCUT2D eigenvalue weighted by molar-refractivity contribution is 5.85. The molecule has 0 heterocycles. The Balaban J connectivity index is 0. The van der Waals surface area contributed by atoms with Crippen molar-refractivity contribution >= 4 is 30.8 Å². The van der Waals surface area contributed by atoms with Crippen LogP contribution in [0.15, 0.2) is 30.3 Å². The number of hydrogen-bond donors (Lipinski definition) is 0. The molecule has 3 nitrogen and oxygen atoms in total. The highest BCUT2D eigenvalue weighted by Gasteiger charge is 2.21. The van der Waals surface area contributed by atoms with Gasteiger partial charge < -0.3 is 9.64 Å². The fourth-order valence-corrected chi connectivity index (χ4v) is 2.31. The fraction of sp³-hybridized carbons (Fsp3) is 0.588. The summed E-state index contributed by atoms with van der Waals surface area (Å²) < 4.78 is 5.46. The van der Waals surface area contributed by atoms with Gasteiger partial charge in [-0.3, -0.25) is 4.79 Å². The zero-order chi connectivity index (χ0) is 14.8. The van der Waals surface area contributed by atoms with Gasteiger partial charge in [0.1, 0.15) is 6.61 Å². The second kappa shape index (κ2) is 13.9. The number of carbonyl (C=O) groups excluding carboxylic acids is 1. The molecule has 1 atom stereocenters. The first kappa shape index (κ1) is 23.5. The third-order valence-electron chi connectivity index (χ3n) is 3.61. The molecule has 0 aliphatic rings. The summed E-state index contributed by atoms with van der Waals surface area (Å²) in [6.45, 7) is 9.61. The molecule has 5 heteroatoms. The van der Waals surface area contributed by atoms with Crippen molar-refractivity contribution < 1.29 is 9.53 Å². The summed E-state index contributed by atoms with van der Waals surface area (Å²) in [6, 6.07) is 9.93. The molecule has 0 N–H and O–H groups in total. The van der Waals surface area contributed by atoms with Gasteiger partial charge in [-0.25, -0.2) is 0 Å². The Morgan fingerprint density at radius 1 is 1.09 bits per heavy atom. The average Bonchev–Trinajstić information content (AvgIpc) is 2.50. The maximum Gasteiger partial charge on any atom is 0.313 e. The molecule has 0 amide bonds. The molecular formula is C17H29Cl2NO2. The number of nitrogens with zero attached hydrogens (tertiary/aromatic N) is 1. The van der Waals surface area contributed by atoms with Gasteiger partial charge in [-0.2, -0.15) is 0 Å². The molecular weight excluding hydrogens is 321 g/mol. The van der Waals surface area contributed by atoms with E-state index in [-0.39, 0.29) is 36.7 Å². The molecule has 0 radical (unpaired) electrons. The number of ether oxygens (including phenoxy) is 1. The van der Waals surface area contributed by atoms with E-state index in [1.165, 1.54) is 0 Å². The lowest BCUT2D eigenvalue weighted by Crippen LogP contribution is -2.28. The minimum Gasteiger partial charge on any atom is -0.464 e. The average molecular weight is 350 g/mol. The normalized spacial score (nSPS) is 11.3. The van der Waals surface area contributed by atoms with Gasteiger partial charge in [0.15, 0.2) is 0 Å². The molecule has 22 heavy (non-hydrogen) atoms. The van der Waals surface area contributed by atoms with E-state index in [1.807, 2.05) is 30.3 Å². The van der Waals surface area contributed by atoms with Crippen LogP contribution in [0.1, 0.15) is 45.1 Å². The first-order valence-corrected chi connectivity index (χ1v) is 7.66. The Kier molecular flexibility index (Phi) is 14.8. The van der Waals surface area contributed by atoms with Crippen LogP contribution < -0.4 is 0 Å². The van der Waals surface area contributed by atoms with Gasteiger partial charge in [-0.1, -0.05) is 57.5 Å².